The molecule has 6 heteroatoms. The molecule has 0 spiro atoms. The molecule has 0 radical (unpaired) electrons. The van der Waals surface area contributed by atoms with E-state index in [1.807, 2.05) is 0 Å². The van der Waals surface area contributed by atoms with Gasteiger partial charge in [-0.1, -0.05) is 42.5 Å². The Balaban J connectivity index is 2.11. The highest BCUT2D eigenvalue weighted by Gasteiger charge is 2.26. The van der Waals surface area contributed by atoms with Crippen molar-refractivity contribution in [2.45, 2.75) is 18.6 Å². The number of nitrogens with one attached hydrogen (secondary N) is 1. The fourth-order valence-corrected chi connectivity index (χ4v) is 2.27. The number of carbonyl (C=O) groups is 2. The maximum atomic E-state index is 13.3. The molecule has 126 valence electrons. The average molecular weight is 331 g/mol. The maximum absolute atomic E-state index is 13.3. The summed E-state index contributed by atoms with van der Waals surface area (Å²) in [5.74, 6) is -1.84. The minimum absolute atomic E-state index is 0.0533. The van der Waals surface area contributed by atoms with Gasteiger partial charge in [0, 0.05) is 6.42 Å². The molecular formula is C18H18FNO4. The molecule has 0 heterocycles. The summed E-state index contributed by atoms with van der Waals surface area (Å²) in [7, 11) is 1.20. The van der Waals surface area contributed by atoms with E-state index in [0.717, 1.165) is 0 Å². The standard InChI is InChI=1S/C18H18FNO4/c1-24-18(23)15(11-12-6-5-9-14(19)10-12)20-17(22)16(21)13-7-3-2-4-8-13/h2-10,15-16,21H,11H2,1H3,(H,20,22)/t15-,16-/m0/s1. The maximum Gasteiger partial charge on any atom is 0.328 e. The van der Waals surface area contributed by atoms with Crippen molar-refractivity contribution < 1.29 is 23.8 Å². The van der Waals surface area contributed by atoms with E-state index >= 15 is 0 Å². The van der Waals surface area contributed by atoms with Crippen LogP contribution in [0.25, 0.3) is 0 Å². The number of halogens is 1. The van der Waals surface area contributed by atoms with E-state index in [1.54, 1.807) is 36.4 Å². The van der Waals surface area contributed by atoms with Gasteiger partial charge < -0.3 is 15.2 Å². The molecule has 0 bridgehead atoms. The van der Waals surface area contributed by atoms with Crippen molar-refractivity contribution in [3.63, 3.8) is 0 Å². The summed E-state index contributed by atoms with van der Waals surface area (Å²) < 4.78 is 17.9. The topological polar surface area (TPSA) is 75.6 Å². The third kappa shape index (κ3) is 4.63. The summed E-state index contributed by atoms with van der Waals surface area (Å²) in [6.07, 6.45) is -1.36. The van der Waals surface area contributed by atoms with Crippen molar-refractivity contribution in [2.75, 3.05) is 7.11 Å². The molecule has 0 aliphatic heterocycles. The molecule has 2 atom stereocenters. The van der Waals surface area contributed by atoms with E-state index in [2.05, 4.69) is 10.1 Å². The van der Waals surface area contributed by atoms with Crippen molar-refractivity contribution in [3.8, 4) is 0 Å². The third-order valence-corrected chi connectivity index (χ3v) is 3.49. The quantitative estimate of drug-likeness (QED) is 0.791. The van der Waals surface area contributed by atoms with Crippen LogP contribution in [0.15, 0.2) is 54.6 Å². The first-order valence-corrected chi connectivity index (χ1v) is 7.37. The number of aliphatic hydroxyl groups is 1. The van der Waals surface area contributed by atoms with Crippen molar-refractivity contribution in [1.29, 1.82) is 0 Å². The highest BCUT2D eigenvalue weighted by atomic mass is 19.1. The van der Waals surface area contributed by atoms with Gasteiger partial charge in [0.15, 0.2) is 6.10 Å². The molecule has 1 amide bonds. The predicted octanol–water partition coefficient (Wildman–Crippen LogP) is 1.76. The van der Waals surface area contributed by atoms with Crippen LogP contribution in [0.4, 0.5) is 4.39 Å². The molecule has 2 N–H and O–H groups in total. The Labute approximate surface area is 139 Å². The lowest BCUT2D eigenvalue weighted by molar-refractivity contribution is -0.146. The van der Waals surface area contributed by atoms with Crippen LogP contribution in [0, 0.1) is 5.82 Å². The summed E-state index contributed by atoms with van der Waals surface area (Å²) in [5, 5.41) is 12.5. The second-order valence-corrected chi connectivity index (χ2v) is 5.23. The molecule has 0 aromatic heterocycles. The lowest BCUT2D eigenvalue weighted by Crippen LogP contribution is -2.45. The van der Waals surface area contributed by atoms with Crippen LogP contribution in [0.2, 0.25) is 0 Å². The Hall–Kier alpha value is -2.73. The van der Waals surface area contributed by atoms with E-state index in [4.69, 9.17) is 0 Å². The van der Waals surface area contributed by atoms with Crippen LogP contribution in [0.3, 0.4) is 0 Å². The number of amides is 1. The zero-order chi connectivity index (χ0) is 17.5. The highest BCUT2D eigenvalue weighted by Crippen LogP contribution is 2.13. The molecule has 2 rings (SSSR count). The van der Waals surface area contributed by atoms with Gasteiger partial charge in [0.2, 0.25) is 0 Å². The van der Waals surface area contributed by atoms with E-state index in [-0.39, 0.29) is 6.42 Å². The highest BCUT2D eigenvalue weighted by molar-refractivity contribution is 5.87. The summed E-state index contributed by atoms with van der Waals surface area (Å²) >= 11 is 0. The molecule has 0 aliphatic carbocycles. The van der Waals surface area contributed by atoms with Gasteiger partial charge in [-0.2, -0.15) is 0 Å². The average Bonchev–Trinajstić information content (AvgIpc) is 2.60. The van der Waals surface area contributed by atoms with Crippen LogP contribution in [-0.4, -0.2) is 30.1 Å². The number of aliphatic hydroxyl groups excluding tert-OH is 1. The lowest BCUT2D eigenvalue weighted by Gasteiger charge is -2.19. The fourth-order valence-electron chi connectivity index (χ4n) is 2.27. The van der Waals surface area contributed by atoms with Crippen LogP contribution in [-0.2, 0) is 20.7 Å². The molecule has 24 heavy (non-hydrogen) atoms. The van der Waals surface area contributed by atoms with Gasteiger partial charge in [-0.25, -0.2) is 9.18 Å². The molecular weight excluding hydrogens is 313 g/mol. The molecule has 2 aromatic carbocycles. The summed E-state index contributed by atoms with van der Waals surface area (Å²) in [6, 6.07) is 13.0. The van der Waals surface area contributed by atoms with Gasteiger partial charge in [-0.15, -0.1) is 0 Å². The number of esters is 1. The summed E-state index contributed by atoms with van der Waals surface area (Å²) in [6.45, 7) is 0. The van der Waals surface area contributed by atoms with Gasteiger partial charge in [0.05, 0.1) is 7.11 Å². The number of rotatable bonds is 6. The SMILES string of the molecule is COC(=O)[C@H](Cc1cccc(F)c1)NC(=O)[C@@H](O)c1ccccc1. The van der Waals surface area contributed by atoms with Crippen LogP contribution >= 0.6 is 0 Å². The largest absolute Gasteiger partial charge is 0.467 e. The minimum Gasteiger partial charge on any atom is -0.467 e. The van der Waals surface area contributed by atoms with E-state index in [0.29, 0.717) is 11.1 Å². The second-order valence-electron chi connectivity index (χ2n) is 5.23. The number of ether oxygens (including phenoxy) is 1. The van der Waals surface area contributed by atoms with E-state index in [9.17, 15) is 19.1 Å². The Bertz CT molecular complexity index is 705. The van der Waals surface area contributed by atoms with Gasteiger partial charge in [-0.05, 0) is 23.3 Å². The van der Waals surface area contributed by atoms with Gasteiger partial charge in [-0.3, -0.25) is 4.79 Å². The Morgan fingerprint density at radius 2 is 1.88 bits per heavy atom. The minimum atomic E-state index is -1.41. The van der Waals surface area contributed by atoms with Crippen LogP contribution in [0.1, 0.15) is 17.2 Å². The van der Waals surface area contributed by atoms with Crippen molar-refractivity contribution in [3.05, 3.63) is 71.5 Å². The van der Waals surface area contributed by atoms with Crippen molar-refractivity contribution >= 4 is 11.9 Å². The second kappa shape index (κ2) is 8.21. The Kier molecular flexibility index (Phi) is 6.03. The molecule has 0 aliphatic rings. The first-order valence-electron chi connectivity index (χ1n) is 7.37. The Morgan fingerprint density at radius 1 is 1.17 bits per heavy atom. The number of carbonyl (C=O) groups excluding carboxylic acids is 2. The van der Waals surface area contributed by atoms with Crippen LogP contribution in [0.5, 0.6) is 0 Å². The summed E-state index contributed by atoms with van der Waals surface area (Å²) in [4.78, 5) is 24.1. The van der Waals surface area contributed by atoms with Crippen molar-refractivity contribution in [1.82, 2.24) is 5.32 Å². The van der Waals surface area contributed by atoms with Gasteiger partial charge in [0.1, 0.15) is 11.9 Å². The van der Waals surface area contributed by atoms with Crippen LogP contribution < -0.4 is 5.32 Å². The fraction of sp³-hybridized carbons (Fsp3) is 0.222. The van der Waals surface area contributed by atoms with E-state index < -0.39 is 29.8 Å². The Morgan fingerprint density at radius 3 is 2.50 bits per heavy atom. The zero-order valence-corrected chi connectivity index (χ0v) is 13.1. The van der Waals surface area contributed by atoms with Gasteiger partial charge >= 0.3 is 5.97 Å². The first-order chi connectivity index (χ1) is 11.5. The normalized spacial score (nSPS) is 13.0. The van der Waals surface area contributed by atoms with E-state index in [1.165, 1.54) is 25.3 Å². The molecule has 0 unspecified atom stereocenters. The first kappa shape index (κ1) is 17.6. The monoisotopic (exact) mass is 331 g/mol. The molecule has 0 saturated carbocycles. The summed E-state index contributed by atoms with van der Waals surface area (Å²) in [5.41, 5.74) is 0.935. The number of benzene rings is 2. The number of hydrogen-bond donors (Lipinski definition) is 2. The number of methoxy groups -OCH3 is 1. The number of hydrogen-bond acceptors (Lipinski definition) is 4. The molecule has 0 saturated heterocycles. The smallest absolute Gasteiger partial charge is 0.328 e. The van der Waals surface area contributed by atoms with Gasteiger partial charge in [0.25, 0.3) is 5.91 Å². The molecule has 5 nitrogen and oxygen atoms in total. The third-order valence-electron chi connectivity index (χ3n) is 3.49. The zero-order valence-electron chi connectivity index (χ0n) is 13.1. The predicted molar refractivity (Wildman–Crippen MR) is 85.5 cm³/mol. The lowest BCUT2D eigenvalue weighted by atomic mass is 10.0. The van der Waals surface area contributed by atoms with Crippen molar-refractivity contribution in [2.24, 2.45) is 0 Å². The molecule has 0 fully saturated rings. The molecule has 2 aromatic rings.